The van der Waals surface area contributed by atoms with Crippen LogP contribution in [0.15, 0.2) is 0 Å². The van der Waals surface area contributed by atoms with Crippen molar-refractivity contribution in [2.75, 3.05) is 107 Å². The van der Waals surface area contributed by atoms with Gasteiger partial charge >= 0.3 is 0 Å². The van der Waals surface area contributed by atoms with Crippen LogP contribution in [0.25, 0.3) is 0 Å². The Hall–Kier alpha value is -0.280. The van der Waals surface area contributed by atoms with Crippen molar-refractivity contribution in [2.45, 2.75) is 37.8 Å². The van der Waals surface area contributed by atoms with Gasteiger partial charge in [-0.2, -0.15) is 0 Å². The van der Waals surface area contributed by atoms with Gasteiger partial charge in [0.2, 0.25) is 0 Å². The molecule has 0 radical (unpaired) electrons. The van der Waals surface area contributed by atoms with Crippen LogP contribution in [0.3, 0.4) is 0 Å². The first kappa shape index (κ1) is 25.0. The van der Waals surface area contributed by atoms with Gasteiger partial charge in [0.05, 0.1) is 26.4 Å². The SMILES string of the molecule is CN(C)C(CCOCCC(CCN1CCOCC1)N(C)C)CCN1CCOCC1. The second kappa shape index (κ2) is 14.7. The maximum absolute atomic E-state index is 6.06. The van der Waals surface area contributed by atoms with Crippen molar-refractivity contribution in [1.82, 2.24) is 19.6 Å². The average Bonchev–Trinajstić information content (AvgIpc) is 2.73. The molecule has 172 valence electrons. The first-order valence-corrected chi connectivity index (χ1v) is 11.6. The van der Waals surface area contributed by atoms with Gasteiger partial charge in [0, 0.05) is 51.5 Å². The lowest BCUT2D eigenvalue weighted by atomic mass is 10.1. The fourth-order valence-electron chi connectivity index (χ4n) is 4.18. The van der Waals surface area contributed by atoms with Gasteiger partial charge in [-0.25, -0.2) is 0 Å². The van der Waals surface area contributed by atoms with Crippen LogP contribution in [0.1, 0.15) is 25.7 Å². The quantitative estimate of drug-likeness (QED) is 0.394. The number of rotatable bonds is 14. The second-order valence-electron chi connectivity index (χ2n) is 8.91. The third kappa shape index (κ3) is 10.5. The van der Waals surface area contributed by atoms with Crippen LogP contribution in [0.4, 0.5) is 0 Å². The van der Waals surface area contributed by atoms with Crippen LogP contribution >= 0.6 is 0 Å². The van der Waals surface area contributed by atoms with E-state index in [0.29, 0.717) is 12.1 Å². The summed E-state index contributed by atoms with van der Waals surface area (Å²) in [6.07, 6.45) is 4.63. The Kier molecular flexibility index (Phi) is 12.6. The van der Waals surface area contributed by atoms with Crippen molar-refractivity contribution in [3.63, 3.8) is 0 Å². The minimum absolute atomic E-state index is 0.587. The fourth-order valence-corrected chi connectivity index (χ4v) is 4.18. The summed E-state index contributed by atoms with van der Waals surface area (Å²) in [6, 6.07) is 1.17. The number of hydrogen-bond acceptors (Lipinski definition) is 7. The van der Waals surface area contributed by atoms with E-state index in [4.69, 9.17) is 14.2 Å². The smallest absolute Gasteiger partial charge is 0.0594 e. The molecule has 0 N–H and O–H groups in total. The second-order valence-corrected chi connectivity index (χ2v) is 8.91. The van der Waals surface area contributed by atoms with E-state index in [0.717, 1.165) is 91.8 Å². The summed E-state index contributed by atoms with van der Waals surface area (Å²) in [6.45, 7) is 11.9. The molecule has 0 aliphatic carbocycles. The van der Waals surface area contributed by atoms with E-state index < -0.39 is 0 Å². The molecule has 2 heterocycles. The molecule has 7 nitrogen and oxygen atoms in total. The van der Waals surface area contributed by atoms with E-state index in [1.807, 2.05) is 0 Å². The Morgan fingerprint density at radius 3 is 1.38 bits per heavy atom. The topological polar surface area (TPSA) is 40.7 Å². The minimum atomic E-state index is 0.587. The van der Waals surface area contributed by atoms with Crippen molar-refractivity contribution in [1.29, 1.82) is 0 Å². The summed E-state index contributed by atoms with van der Waals surface area (Å²) in [5.41, 5.74) is 0. The molecule has 2 aliphatic rings. The summed E-state index contributed by atoms with van der Waals surface area (Å²) in [5, 5.41) is 0. The molecule has 2 saturated heterocycles. The molecule has 7 heteroatoms. The molecule has 2 unspecified atom stereocenters. The lowest BCUT2D eigenvalue weighted by Gasteiger charge is -2.31. The highest BCUT2D eigenvalue weighted by Gasteiger charge is 2.17. The highest BCUT2D eigenvalue weighted by atomic mass is 16.5. The molecule has 0 bridgehead atoms. The molecular weight excluding hydrogens is 368 g/mol. The Morgan fingerprint density at radius 1 is 0.655 bits per heavy atom. The zero-order valence-corrected chi connectivity index (χ0v) is 19.5. The third-order valence-electron chi connectivity index (χ3n) is 6.42. The number of ether oxygens (including phenoxy) is 3. The Balaban J connectivity index is 1.57. The standard InChI is InChI=1S/C22H46N4O3/c1-23(2)21(5-9-25-11-17-28-18-12-25)7-15-27-16-8-22(24(3)4)6-10-26-13-19-29-20-14-26/h21-22H,5-20H2,1-4H3. The largest absolute Gasteiger partial charge is 0.381 e. The Labute approximate surface area is 179 Å². The summed E-state index contributed by atoms with van der Waals surface area (Å²) in [5.74, 6) is 0. The van der Waals surface area contributed by atoms with Crippen LogP contribution in [0, 0.1) is 0 Å². The van der Waals surface area contributed by atoms with E-state index in [1.165, 1.54) is 12.8 Å². The predicted octanol–water partition coefficient (Wildman–Crippen LogP) is 1.09. The summed E-state index contributed by atoms with van der Waals surface area (Å²) in [7, 11) is 8.77. The predicted molar refractivity (Wildman–Crippen MR) is 119 cm³/mol. The highest BCUT2D eigenvalue weighted by molar-refractivity contribution is 4.72. The van der Waals surface area contributed by atoms with Gasteiger partial charge in [0.25, 0.3) is 0 Å². The average molecular weight is 415 g/mol. The zero-order chi connectivity index (χ0) is 20.9. The molecule has 0 spiro atoms. The monoisotopic (exact) mass is 414 g/mol. The van der Waals surface area contributed by atoms with Gasteiger partial charge in [-0.15, -0.1) is 0 Å². The molecule has 2 fully saturated rings. The van der Waals surface area contributed by atoms with Crippen LogP contribution in [-0.4, -0.2) is 139 Å². The van der Waals surface area contributed by atoms with Crippen molar-refractivity contribution in [2.24, 2.45) is 0 Å². The van der Waals surface area contributed by atoms with E-state index in [9.17, 15) is 0 Å². The highest BCUT2D eigenvalue weighted by Crippen LogP contribution is 2.11. The molecule has 0 aromatic heterocycles. The maximum Gasteiger partial charge on any atom is 0.0594 e. The van der Waals surface area contributed by atoms with E-state index >= 15 is 0 Å². The minimum Gasteiger partial charge on any atom is -0.381 e. The van der Waals surface area contributed by atoms with Crippen molar-refractivity contribution < 1.29 is 14.2 Å². The molecule has 0 amide bonds. The van der Waals surface area contributed by atoms with Crippen molar-refractivity contribution in [3.05, 3.63) is 0 Å². The molecule has 0 saturated carbocycles. The Morgan fingerprint density at radius 2 is 1.03 bits per heavy atom. The molecule has 0 aromatic rings. The van der Waals surface area contributed by atoms with E-state index in [1.54, 1.807) is 0 Å². The number of hydrogen-bond donors (Lipinski definition) is 0. The molecule has 2 rings (SSSR count). The third-order valence-corrected chi connectivity index (χ3v) is 6.42. The molecule has 2 aliphatic heterocycles. The van der Waals surface area contributed by atoms with Crippen LogP contribution in [-0.2, 0) is 14.2 Å². The fraction of sp³-hybridized carbons (Fsp3) is 1.00. The van der Waals surface area contributed by atoms with Crippen molar-refractivity contribution >= 4 is 0 Å². The first-order valence-electron chi connectivity index (χ1n) is 11.6. The number of nitrogens with zero attached hydrogens (tertiary/aromatic N) is 4. The van der Waals surface area contributed by atoms with Gasteiger partial charge in [0.15, 0.2) is 0 Å². The first-order chi connectivity index (χ1) is 14.1. The lowest BCUT2D eigenvalue weighted by Crippen LogP contribution is -2.40. The number of morpholine rings is 2. The van der Waals surface area contributed by atoms with Gasteiger partial charge in [-0.05, 0) is 67.0 Å². The van der Waals surface area contributed by atoms with Gasteiger partial charge < -0.3 is 24.0 Å². The molecule has 29 heavy (non-hydrogen) atoms. The van der Waals surface area contributed by atoms with Gasteiger partial charge in [-0.1, -0.05) is 0 Å². The summed E-state index contributed by atoms with van der Waals surface area (Å²) < 4.78 is 17.0. The molecule has 0 aromatic carbocycles. The van der Waals surface area contributed by atoms with Gasteiger partial charge in [0.1, 0.15) is 0 Å². The maximum atomic E-state index is 6.06. The summed E-state index contributed by atoms with van der Waals surface area (Å²) in [4.78, 5) is 9.76. The van der Waals surface area contributed by atoms with E-state index in [2.05, 4.69) is 47.8 Å². The van der Waals surface area contributed by atoms with Crippen molar-refractivity contribution in [3.8, 4) is 0 Å². The van der Waals surface area contributed by atoms with E-state index in [-0.39, 0.29) is 0 Å². The summed E-state index contributed by atoms with van der Waals surface area (Å²) >= 11 is 0. The lowest BCUT2D eigenvalue weighted by molar-refractivity contribution is 0.0304. The molecule has 2 atom stereocenters. The normalized spacial score (nSPS) is 21.7. The van der Waals surface area contributed by atoms with Crippen LogP contribution in [0.2, 0.25) is 0 Å². The van der Waals surface area contributed by atoms with Crippen LogP contribution in [0.5, 0.6) is 0 Å². The molecular formula is C22H46N4O3. The zero-order valence-electron chi connectivity index (χ0n) is 19.5. The van der Waals surface area contributed by atoms with Gasteiger partial charge in [-0.3, -0.25) is 9.80 Å². The Bertz CT molecular complexity index is 364. The van der Waals surface area contributed by atoms with Crippen LogP contribution < -0.4 is 0 Å².